The fraction of sp³-hybridized carbons (Fsp3) is 0.471. The molecular formula is C17H19N3O3. The largest absolute Gasteiger partial charge is 0.314 e. The van der Waals surface area contributed by atoms with Crippen molar-refractivity contribution in [3.05, 3.63) is 35.4 Å². The fourth-order valence-corrected chi connectivity index (χ4v) is 4.36. The first-order valence-electron chi connectivity index (χ1n) is 8.11. The maximum Gasteiger partial charge on any atom is 0.256 e. The van der Waals surface area contributed by atoms with Crippen molar-refractivity contribution in [3.8, 4) is 0 Å². The molecule has 3 aliphatic rings. The van der Waals surface area contributed by atoms with Gasteiger partial charge in [0.15, 0.2) is 5.66 Å². The molecule has 2 saturated heterocycles. The second kappa shape index (κ2) is 4.64. The Kier molecular flexibility index (Phi) is 2.90. The van der Waals surface area contributed by atoms with Crippen molar-refractivity contribution in [2.45, 2.75) is 32.4 Å². The lowest BCUT2D eigenvalue weighted by Crippen LogP contribution is -2.62. The zero-order valence-corrected chi connectivity index (χ0v) is 13.3. The number of hydrogen-bond donors (Lipinski definition) is 0. The third kappa shape index (κ3) is 1.49. The van der Waals surface area contributed by atoms with E-state index in [-0.39, 0.29) is 24.1 Å². The molecule has 0 aliphatic carbocycles. The number of carbonyl (C=O) groups excluding carboxylic acids is 3. The number of imide groups is 1. The van der Waals surface area contributed by atoms with Crippen molar-refractivity contribution in [1.29, 1.82) is 0 Å². The van der Waals surface area contributed by atoms with Crippen LogP contribution in [0.4, 0.5) is 0 Å². The minimum atomic E-state index is -0.839. The molecule has 1 aromatic carbocycles. The second-order valence-electron chi connectivity index (χ2n) is 6.32. The summed E-state index contributed by atoms with van der Waals surface area (Å²) in [6, 6.07) is 7.45. The summed E-state index contributed by atoms with van der Waals surface area (Å²) in [5, 5.41) is 3.12. The van der Waals surface area contributed by atoms with E-state index in [0.717, 1.165) is 12.0 Å². The first-order valence-corrected chi connectivity index (χ1v) is 8.11. The molecule has 0 saturated carbocycles. The van der Waals surface area contributed by atoms with E-state index in [4.69, 9.17) is 0 Å². The van der Waals surface area contributed by atoms with Crippen LogP contribution in [0, 0.1) is 5.92 Å². The molecule has 6 heteroatoms. The quantitative estimate of drug-likeness (QED) is 0.785. The highest BCUT2D eigenvalue weighted by atomic mass is 16.2. The third-order valence-electron chi connectivity index (χ3n) is 5.32. The van der Waals surface area contributed by atoms with E-state index in [1.165, 1.54) is 5.01 Å². The summed E-state index contributed by atoms with van der Waals surface area (Å²) in [7, 11) is 0. The molecule has 1 spiro atoms. The third-order valence-corrected chi connectivity index (χ3v) is 5.32. The number of amides is 3. The van der Waals surface area contributed by atoms with Gasteiger partial charge in [0, 0.05) is 30.6 Å². The maximum atomic E-state index is 12.9. The standard InChI is InChI=1S/C17H19N3O3/c1-3-14(21)20-15(22)11(2)17-13-8-5-4-7-12(13)16(23)18(17)9-6-10-19(17)20/h4-5,7-8,11H,3,6,9-10H2,1-2H3/t11-,17+/m1/s1. The monoisotopic (exact) mass is 313 g/mol. The maximum absolute atomic E-state index is 12.9. The summed E-state index contributed by atoms with van der Waals surface area (Å²) < 4.78 is 0. The number of carbonyl (C=O) groups is 3. The van der Waals surface area contributed by atoms with Crippen molar-refractivity contribution in [2.24, 2.45) is 5.92 Å². The van der Waals surface area contributed by atoms with Gasteiger partial charge in [-0.05, 0) is 19.4 Å². The lowest BCUT2D eigenvalue weighted by molar-refractivity contribution is -0.174. The first-order chi connectivity index (χ1) is 11.0. The van der Waals surface area contributed by atoms with E-state index in [1.54, 1.807) is 11.8 Å². The van der Waals surface area contributed by atoms with Crippen LogP contribution in [-0.4, -0.2) is 45.7 Å². The molecule has 0 N–H and O–H groups in total. The van der Waals surface area contributed by atoms with Crippen LogP contribution in [0.15, 0.2) is 24.3 Å². The molecule has 0 radical (unpaired) electrons. The highest BCUT2D eigenvalue weighted by molar-refractivity contribution is 6.04. The predicted octanol–water partition coefficient (Wildman–Crippen LogP) is 1.33. The van der Waals surface area contributed by atoms with Crippen molar-refractivity contribution in [3.63, 3.8) is 0 Å². The average Bonchev–Trinajstić information content (AvgIpc) is 2.98. The molecule has 1 aromatic rings. The summed E-state index contributed by atoms with van der Waals surface area (Å²) in [6.07, 6.45) is 1.01. The van der Waals surface area contributed by atoms with E-state index >= 15 is 0 Å². The number of hydrazine groups is 1. The van der Waals surface area contributed by atoms with Crippen LogP contribution in [0.2, 0.25) is 0 Å². The van der Waals surface area contributed by atoms with Crippen LogP contribution in [0.5, 0.6) is 0 Å². The molecule has 4 rings (SSSR count). The van der Waals surface area contributed by atoms with Crippen LogP contribution in [0.25, 0.3) is 0 Å². The SMILES string of the molecule is CCC(=O)N1C(=O)[C@@H](C)[C@]23c4ccccc4C(=O)N2CCCN13. The average molecular weight is 313 g/mol. The number of fused-ring (bicyclic) bond motifs is 1. The lowest BCUT2D eigenvalue weighted by atomic mass is 9.86. The summed E-state index contributed by atoms with van der Waals surface area (Å²) in [5.41, 5.74) is 0.648. The second-order valence-corrected chi connectivity index (χ2v) is 6.32. The molecule has 2 atom stereocenters. The Morgan fingerprint density at radius 3 is 2.74 bits per heavy atom. The molecule has 3 aliphatic heterocycles. The van der Waals surface area contributed by atoms with Gasteiger partial charge in [-0.2, -0.15) is 5.01 Å². The van der Waals surface area contributed by atoms with E-state index in [9.17, 15) is 14.4 Å². The molecule has 120 valence electrons. The molecule has 2 fully saturated rings. The highest BCUT2D eigenvalue weighted by Gasteiger charge is 2.67. The molecule has 3 heterocycles. The van der Waals surface area contributed by atoms with Crippen molar-refractivity contribution in [1.82, 2.24) is 14.9 Å². The van der Waals surface area contributed by atoms with Gasteiger partial charge in [0.1, 0.15) is 0 Å². The minimum Gasteiger partial charge on any atom is -0.314 e. The number of hydrogen-bond acceptors (Lipinski definition) is 4. The smallest absolute Gasteiger partial charge is 0.256 e. The molecular weight excluding hydrogens is 294 g/mol. The van der Waals surface area contributed by atoms with Crippen LogP contribution in [0.1, 0.15) is 42.6 Å². The van der Waals surface area contributed by atoms with Gasteiger partial charge >= 0.3 is 0 Å². The summed E-state index contributed by atoms with van der Waals surface area (Å²) in [5.74, 6) is -0.938. The summed E-state index contributed by atoms with van der Waals surface area (Å²) >= 11 is 0. The van der Waals surface area contributed by atoms with Crippen LogP contribution >= 0.6 is 0 Å². The summed E-state index contributed by atoms with van der Waals surface area (Å²) in [6.45, 7) is 4.78. The number of benzene rings is 1. The van der Waals surface area contributed by atoms with Crippen LogP contribution in [0.3, 0.4) is 0 Å². The Morgan fingerprint density at radius 1 is 1.26 bits per heavy atom. The van der Waals surface area contributed by atoms with Gasteiger partial charge in [-0.3, -0.25) is 14.4 Å². The highest BCUT2D eigenvalue weighted by Crippen LogP contribution is 2.53. The number of rotatable bonds is 1. The molecule has 0 aromatic heterocycles. The molecule has 0 bridgehead atoms. The molecule has 23 heavy (non-hydrogen) atoms. The fourth-order valence-electron chi connectivity index (χ4n) is 4.36. The van der Waals surface area contributed by atoms with Crippen LogP contribution in [-0.2, 0) is 15.3 Å². The van der Waals surface area contributed by atoms with E-state index in [2.05, 4.69) is 0 Å². The summed E-state index contributed by atoms with van der Waals surface area (Å²) in [4.78, 5) is 39.9. The topological polar surface area (TPSA) is 60.9 Å². The Bertz CT molecular complexity index is 732. The predicted molar refractivity (Wildman–Crippen MR) is 81.8 cm³/mol. The van der Waals surface area contributed by atoms with Gasteiger partial charge in [0.05, 0.1) is 5.92 Å². The van der Waals surface area contributed by atoms with Crippen molar-refractivity contribution < 1.29 is 14.4 Å². The van der Waals surface area contributed by atoms with Gasteiger partial charge in [0.25, 0.3) is 11.8 Å². The van der Waals surface area contributed by atoms with Gasteiger partial charge in [0.2, 0.25) is 5.91 Å². The minimum absolute atomic E-state index is 0.0456. The van der Waals surface area contributed by atoms with Gasteiger partial charge in [-0.1, -0.05) is 25.1 Å². The van der Waals surface area contributed by atoms with Crippen LogP contribution < -0.4 is 0 Å². The Hall–Kier alpha value is -2.21. The normalized spacial score (nSPS) is 29.6. The van der Waals surface area contributed by atoms with Crippen molar-refractivity contribution in [2.75, 3.05) is 13.1 Å². The lowest BCUT2D eigenvalue weighted by Gasteiger charge is -2.48. The number of nitrogens with zero attached hydrogens (tertiary/aromatic N) is 3. The van der Waals surface area contributed by atoms with E-state index in [0.29, 0.717) is 18.7 Å². The Morgan fingerprint density at radius 2 is 2.00 bits per heavy atom. The zero-order valence-electron chi connectivity index (χ0n) is 13.3. The van der Waals surface area contributed by atoms with Gasteiger partial charge < -0.3 is 4.90 Å². The Labute approximate surface area is 134 Å². The van der Waals surface area contributed by atoms with Gasteiger partial charge in [-0.25, -0.2) is 5.01 Å². The molecule has 3 amide bonds. The Balaban J connectivity index is 1.97. The van der Waals surface area contributed by atoms with Gasteiger partial charge in [-0.15, -0.1) is 0 Å². The van der Waals surface area contributed by atoms with E-state index < -0.39 is 11.6 Å². The molecule has 0 unspecified atom stereocenters. The first kappa shape index (κ1) is 14.4. The van der Waals surface area contributed by atoms with Crippen molar-refractivity contribution >= 4 is 17.7 Å². The molecule has 6 nitrogen and oxygen atoms in total. The zero-order chi connectivity index (χ0) is 16.4. The van der Waals surface area contributed by atoms with E-state index in [1.807, 2.05) is 36.2 Å².